The fraction of sp³-hybridized carbons (Fsp3) is 0.231. The van der Waals surface area contributed by atoms with Gasteiger partial charge in [-0.3, -0.25) is 4.79 Å². The molecule has 0 aliphatic carbocycles. The van der Waals surface area contributed by atoms with Crippen molar-refractivity contribution in [2.75, 3.05) is 30.7 Å². The summed E-state index contributed by atoms with van der Waals surface area (Å²) in [4.78, 5) is 21.9. The van der Waals surface area contributed by atoms with E-state index in [-0.39, 0.29) is 6.04 Å². The van der Waals surface area contributed by atoms with E-state index in [0.717, 1.165) is 42.1 Å². The Morgan fingerprint density at radius 2 is 1.91 bits per heavy atom. The molecule has 4 rings (SSSR count). The molecule has 1 fully saturated rings. The maximum atomic E-state index is 11.0. The largest absolute Gasteiger partial charge is 0.457 e. The number of nitrogen functional groups attached to an aromatic ring is 1. The van der Waals surface area contributed by atoms with Gasteiger partial charge in [0.15, 0.2) is 0 Å². The summed E-state index contributed by atoms with van der Waals surface area (Å²) >= 11 is 0. The number of ether oxygens (including phenoxy) is 1. The predicted octanol–water partition coefficient (Wildman–Crippen LogP) is 3.33. The van der Waals surface area contributed by atoms with Crippen LogP contribution in [0.25, 0.3) is 11.1 Å². The molecule has 0 spiro atoms. The molecular formula is C26H27N7O2. The van der Waals surface area contributed by atoms with Crippen LogP contribution >= 0.6 is 0 Å². The topological polar surface area (TPSA) is 143 Å². The van der Waals surface area contributed by atoms with E-state index in [1.165, 1.54) is 12.4 Å². The summed E-state index contributed by atoms with van der Waals surface area (Å²) in [5.41, 5.74) is 13.4. The maximum Gasteiger partial charge on any atom is 0.242 e. The standard InChI is InChI=1S/C26H27N7O2/c27-15-18(14-23(28)34)10-12-33-13-11-20(16-33)32-26-24(25(29)30-17-31-26)19-6-8-22(9-7-19)35-21-4-2-1-3-5-21/h1-9,14,17,20H,10-13,16H2,(H2,28,34)(H3,29,30,31,32)/b18-14-/t20-/m1/s1. The molecule has 1 aliphatic rings. The average Bonchev–Trinajstić information content (AvgIpc) is 3.30. The minimum atomic E-state index is -0.601. The second-order valence-electron chi connectivity index (χ2n) is 8.29. The fourth-order valence-electron chi connectivity index (χ4n) is 4.07. The molecule has 2 heterocycles. The summed E-state index contributed by atoms with van der Waals surface area (Å²) < 4.78 is 5.88. The number of aromatic nitrogens is 2. The average molecular weight is 470 g/mol. The van der Waals surface area contributed by atoms with Crippen LogP contribution in [0.2, 0.25) is 0 Å². The van der Waals surface area contributed by atoms with E-state index < -0.39 is 5.91 Å². The Balaban J connectivity index is 1.42. The van der Waals surface area contributed by atoms with Gasteiger partial charge >= 0.3 is 0 Å². The van der Waals surface area contributed by atoms with Crippen molar-refractivity contribution in [1.29, 1.82) is 5.26 Å². The van der Waals surface area contributed by atoms with Gasteiger partial charge in [0.05, 0.1) is 11.6 Å². The number of carbonyl (C=O) groups excluding carboxylic acids is 1. The SMILES string of the molecule is N#C/C(=C\C(N)=O)CCN1CC[C@@H](Nc2ncnc(N)c2-c2ccc(Oc3ccccc3)cc2)C1. The Morgan fingerprint density at radius 3 is 2.63 bits per heavy atom. The molecule has 1 aliphatic heterocycles. The number of nitriles is 1. The monoisotopic (exact) mass is 469 g/mol. The molecule has 5 N–H and O–H groups in total. The molecule has 1 atom stereocenters. The van der Waals surface area contributed by atoms with Gasteiger partial charge in [-0.05, 0) is 42.7 Å². The number of nitrogens with two attached hydrogens (primary N) is 2. The van der Waals surface area contributed by atoms with E-state index >= 15 is 0 Å². The molecule has 1 amide bonds. The molecular weight excluding hydrogens is 442 g/mol. The quantitative estimate of drug-likeness (QED) is 0.320. The lowest BCUT2D eigenvalue weighted by molar-refractivity contribution is -0.113. The number of likely N-dealkylation sites (tertiary alicyclic amines) is 1. The van der Waals surface area contributed by atoms with Crippen molar-refractivity contribution in [3.05, 3.63) is 72.6 Å². The van der Waals surface area contributed by atoms with Crippen LogP contribution in [0.1, 0.15) is 12.8 Å². The third-order valence-corrected chi connectivity index (χ3v) is 5.77. The van der Waals surface area contributed by atoms with Gasteiger partial charge in [-0.2, -0.15) is 5.26 Å². The van der Waals surface area contributed by atoms with Crippen LogP contribution < -0.4 is 21.5 Å². The zero-order valence-corrected chi connectivity index (χ0v) is 19.2. The lowest BCUT2D eigenvalue weighted by Gasteiger charge is -2.19. The molecule has 0 radical (unpaired) electrons. The van der Waals surface area contributed by atoms with Gasteiger partial charge in [0.2, 0.25) is 5.91 Å². The van der Waals surface area contributed by atoms with E-state index in [0.29, 0.717) is 30.2 Å². The van der Waals surface area contributed by atoms with Gasteiger partial charge in [-0.1, -0.05) is 30.3 Å². The summed E-state index contributed by atoms with van der Waals surface area (Å²) in [5.74, 6) is 1.95. The Bertz CT molecular complexity index is 1240. The van der Waals surface area contributed by atoms with Crippen molar-refractivity contribution in [2.24, 2.45) is 5.73 Å². The smallest absolute Gasteiger partial charge is 0.242 e. The highest BCUT2D eigenvalue weighted by atomic mass is 16.5. The number of hydrogen-bond donors (Lipinski definition) is 3. The van der Waals surface area contributed by atoms with E-state index in [9.17, 15) is 4.79 Å². The van der Waals surface area contributed by atoms with Crippen molar-refractivity contribution in [3.8, 4) is 28.7 Å². The number of para-hydroxylation sites is 1. The zero-order chi connectivity index (χ0) is 24.6. The van der Waals surface area contributed by atoms with Crippen LogP contribution in [0.15, 0.2) is 72.6 Å². The Labute approximate surface area is 204 Å². The third-order valence-electron chi connectivity index (χ3n) is 5.77. The van der Waals surface area contributed by atoms with E-state index in [1.807, 2.05) is 60.7 Å². The van der Waals surface area contributed by atoms with E-state index in [4.69, 9.17) is 21.5 Å². The van der Waals surface area contributed by atoms with Crippen LogP contribution in [0, 0.1) is 11.3 Å². The first-order valence-electron chi connectivity index (χ1n) is 11.3. The molecule has 3 aromatic rings. The van der Waals surface area contributed by atoms with Gasteiger partial charge in [-0.15, -0.1) is 0 Å². The molecule has 0 saturated carbocycles. The van der Waals surface area contributed by atoms with E-state index in [1.54, 1.807) is 0 Å². The van der Waals surface area contributed by atoms with Crippen LogP contribution in [0.4, 0.5) is 11.6 Å². The summed E-state index contributed by atoms with van der Waals surface area (Å²) in [6, 6.07) is 19.5. The molecule has 0 bridgehead atoms. The first-order chi connectivity index (χ1) is 17.0. The number of nitrogens with one attached hydrogen (secondary N) is 1. The van der Waals surface area contributed by atoms with Gasteiger partial charge in [0.25, 0.3) is 0 Å². The number of nitrogens with zero attached hydrogens (tertiary/aromatic N) is 4. The molecule has 9 nitrogen and oxygen atoms in total. The zero-order valence-electron chi connectivity index (χ0n) is 19.2. The van der Waals surface area contributed by atoms with Crippen molar-refractivity contribution in [1.82, 2.24) is 14.9 Å². The predicted molar refractivity (Wildman–Crippen MR) is 134 cm³/mol. The van der Waals surface area contributed by atoms with Crippen LogP contribution in [-0.2, 0) is 4.79 Å². The van der Waals surface area contributed by atoms with Gasteiger partial charge in [0.1, 0.15) is 29.5 Å². The highest BCUT2D eigenvalue weighted by Gasteiger charge is 2.24. The summed E-state index contributed by atoms with van der Waals surface area (Å²) in [7, 11) is 0. The highest BCUT2D eigenvalue weighted by molar-refractivity contribution is 5.87. The molecule has 1 aromatic heterocycles. The van der Waals surface area contributed by atoms with Crippen molar-refractivity contribution >= 4 is 17.5 Å². The number of anilines is 2. The molecule has 0 unspecified atom stereocenters. The minimum absolute atomic E-state index is 0.161. The number of rotatable bonds is 9. The van der Waals surface area contributed by atoms with Crippen molar-refractivity contribution in [2.45, 2.75) is 18.9 Å². The molecule has 1 saturated heterocycles. The number of hydrogen-bond acceptors (Lipinski definition) is 8. The van der Waals surface area contributed by atoms with Crippen LogP contribution in [-0.4, -0.2) is 46.5 Å². The number of carbonyl (C=O) groups is 1. The van der Waals surface area contributed by atoms with Gasteiger partial charge in [0, 0.05) is 37.3 Å². The van der Waals surface area contributed by atoms with Gasteiger partial charge in [-0.25, -0.2) is 9.97 Å². The lowest BCUT2D eigenvalue weighted by Crippen LogP contribution is -2.28. The van der Waals surface area contributed by atoms with Crippen molar-refractivity contribution in [3.63, 3.8) is 0 Å². The fourth-order valence-corrected chi connectivity index (χ4v) is 4.07. The third kappa shape index (κ3) is 6.34. The van der Waals surface area contributed by atoms with Crippen LogP contribution in [0.3, 0.4) is 0 Å². The summed E-state index contributed by atoms with van der Waals surface area (Å²) in [5, 5.41) is 12.7. The second kappa shape index (κ2) is 11.1. The lowest BCUT2D eigenvalue weighted by atomic mass is 10.1. The molecule has 178 valence electrons. The minimum Gasteiger partial charge on any atom is -0.457 e. The first kappa shape index (κ1) is 23.7. The normalized spacial score (nSPS) is 16.0. The molecule has 2 aromatic carbocycles. The number of amides is 1. The Kier molecular flexibility index (Phi) is 7.55. The number of primary amides is 1. The van der Waals surface area contributed by atoms with Crippen molar-refractivity contribution < 1.29 is 9.53 Å². The van der Waals surface area contributed by atoms with E-state index in [2.05, 4.69) is 20.2 Å². The molecule has 35 heavy (non-hydrogen) atoms. The second-order valence-corrected chi connectivity index (χ2v) is 8.29. The Morgan fingerprint density at radius 1 is 1.17 bits per heavy atom. The Hall–Kier alpha value is -4.42. The van der Waals surface area contributed by atoms with Crippen LogP contribution in [0.5, 0.6) is 11.5 Å². The summed E-state index contributed by atoms with van der Waals surface area (Å²) in [6.07, 6.45) is 4.04. The number of benzene rings is 2. The maximum absolute atomic E-state index is 11.0. The summed E-state index contributed by atoms with van der Waals surface area (Å²) in [6.45, 7) is 2.32. The van der Waals surface area contributed by atoms with Gasteiger partial charge < -0.3 is 26.4 Å². The molecule has 9 heteroatoms. The first-order valence-corrected chi connectivity index (χ1v) is 11.3. The highest BCUT2D eigenvalue weighted by Crippen LogP contribution is 2.33.